The summed E-state index contributed by atoms with van der Waals surface area (Å²) in [6.45, 7) is 0. The standard InChI is InChI=1S/C10H18Cl2Si/c11-13(12)9-5-4-8-10-6-2-1-3-7-10/h4-5,10,13H,1-3,6-9H2. The van der Waals surface area contributed by atoms with E-state index >= 15 is 0 Å². The van der Waals surface area contributed by atoms with E-state index in [0.29, 0.717) is 0 Å². The Balaban J connectivity index is 2.06. The van der Waals surface area contributed by atoms with Crippen molar-refractivity contribution in [2.24, 2.45) is 5.92 Å². The molecule has 0 aromatic heterocycles. The summed E-state index contributed by atoms with van der Waals surface area (Å²) < 4.78 is 0. The van der Waals surface area contributed by atoms with E-state index in [1.807, 2.05) is 0 Å². The van der Waals surface area contributed by atoms with Crippen LogP contribution in [0.25, 0.3) is 0 Å². The Morgan fingerprint density at radius 1 is 1.08 bits per heavy atom. The van der Waals surface area contributed by atoms with Crippen LogP contribution in [0, 0.1) is 5.92 Å². The zero-order valence-corrected chi connectivity index (χ0v) is 10.7. The molecule has 1 aliphatic carbocycles. The lowest BCUT2D eigenvalue weighted by molar-refractivity contribution is 0.361. The third-order valence-electron chi connectivity index (χ3n) is 2.68. The maximum Gasteiger partial charge on any atom is 0.240 e. The molecule has 0 aromatic rings. The van der Waals surface area contributed by atoms with Crippen LogP contribution in [0.1, 0.15) is 38.5 Å². The van der Waals surface area contributed by atoms with Crippen LogP contribution in [0.2, 0.25) is 6.04 Å². The smallest absolute Gasteiger partial charge is 0.150 e. The zero-order valence-electron chi connectivity index (χ0n) is 8.02. The van der Waals surface area contributed by atoms with Gasteiger partial charge in [0.1, 0.15) is 0 Å². The molecule has 1 rings (SSSR count). The Kier molecular flexibility index (Phi) is 6.17. The van der Waals surface area contributed by atoms with Gasteiger partial charge in [0.25, 0.3) is 0 Å². The monoisotopic (exact) mass is 236 g/mol. The highest BCUT2D eigenvalue weighted by molar-refractivity contribution is 7.33. The van der Waals surface area contributed by atoms with Gasteiger partial charge in [-0.05, 0) is 18.4 Å². The summed E-state index contributed by atoms with van der Waals surface area (Å²) in [6, 6.07) is 0.926. The predicted molar refractivity (Wildman–Crippen MR) is 64.0 cm³/mol. The second kappa shape index (κ2) is 6.91. The molecule has 0 aliphatic heterocycles. The summed E-state index contributed by atoms with van der Waals surface area (Å²) in [5, 5.41) is 0. The number of rotatable bonds is 4. The average Bonchev–Trinajstić information content (AvgIpc) is 2.14. The van der Waals surface area contributed by atoms with E-state index in [9.17, 15) is 0 Å². The molecule has 0 atom stereocenters. The van der Waals surface area contributed by atoms with E-state index in [2.05, 4.69) is 12.2 Å². The Morgan fingerprint density at radius 2 is 1.77 bits per heavy atom. The summed E-state index contributed by atoms with van der Waals surface area (Å²) in [5.74, 6) is 0.941. The van der Waals surface area contributed by atoms with E-state index in [1.165, 1.54) is 38.5 Å². The topological polar surface area (TPSA) is 0 Å². The van der Waals surface area contributed by atoms with E-state index < -0.39 is 7.42 Å². The summed E-state index contributed by atoms with van der Waals surface area (Å²) in [6.07, 6.45) is 12.8. The first-order valence-electron chi connectivity index (χ1n) is 5.22. The van der Waals surface area contributed by atoms with Crippen LogP contribution in [-0.4, -0.2) is 7.42 Å². The second-order valence-corrected chi connectivity index (χ2v) is 8.92. The molecule has 0 heterocycles. The second-order valence-electron chi connectivity index (χ2n) is 3.84. The van der Waals surface area contributed by atoms with Crippen molar-refractivity contribution < 1.29 is 0 Å². The SMILES string of the molecule is Cl[SiH](Cl)CC=CCC1CCCCC1. The Hall–Kier alpha value is 0.537. The molecule has 76 valence electrons. The van der Waals surface area contributed by atoms with Crippen LogP contribution >= 0.6 is 22.2 Å². The van der Waals surface area contributed by atoms with Gasteiger partial charge in [0.2, 0.25) is 7.42 Å². The van der Waals surface area contributed by atoms with Crippen molar-refractivity contribution in [1.82, 2.24) is 0 Å². The molecule has 1 fully saturated rings. The summed E-state index contributed by atoms with van der Waals surface area (Å²) in [4.78, 5) is 0. The van der Waals surface area contributed by atoms with Gasteiger partial charge >= 0.3 is 0 Å². The number of hydrogen-bond acceptors (Lipinski definition) is 0. The van der Waals surface area contributed by atoms with Crippen molar-refractivity contribution in [3.8, 4) is 0 Å². The minimum Gasteiger partial charge on any atom is -0.150 e. The van der Waals surface area contributed by atoms with Gasteiger partial charge in [-0.3, -0.25) is 0 Å². The lowest BCUT2D eigenvalue weighted by Crippen LogP contribution is -2.04. The largest absolute Gasteiger partial charge is 0.240 e. The maximum absolute atomic E-state index is 5.75. The van der Waals surface area contributed by atoms with E-state index in [4.69, 9.17) is 22.2 Å². The quantitative estimate of drug-likeness (QED) is 0.390. The minimum absolute atomic E-state index is 0.926. The van der Waals surface area contributed by atoms with Gasteiger partial charge in [0, 0.05) is 0 Å². The van der Waals surface area contributed by atoms with Crippen LogP contribution < -0.4 is 0 Å². The highest BCUT2D eigenvalue weighted by Gasteiger charge is 2.11. The van der Waals surface area contributed by atoms with Crippen LogP contribution in [0.3, 0.4) is 0 Å². The van der Waals surface area contributed by atoms with Crippen molar-refractivity contribution in [2.45, 2.75) is 44.6 Å². The maximum atomic E-state index is 5.75. The zero-order chi connectivity index (χ0) is 9.52. The molecule has 0 N–H and O–H groups in total. The summed E-state index contributed by atoms with van der Waals surface area (Å²) >= 11 is 11.5. The van der Waals surface area contributed by atoms with Crippen molar-refractivity contribution in [1.29, 1.82) is 0 Å². The van der Waals surface area contributed by atoms with Crippen LogP contribution in [-0.2, 0) is 0 Å². The lowest BCUT2D eigenvalue weighted by Gasteiger charge is -2.19. The highest BCUT2D eigenvalue weighted by atomic mass is 35.7. The molecule has 0 saturated heterocycles. The van der Waals surface area contributed by atoms with Gasteiger partial charge in [0.15, 0.2) is 0 Å². The first-order valence-corrected chi connectivity index (χ1v) is 9.53. The molecule has 0 amide bonds. The molecule has 0 nitrogen and oxygen atoms in total. The fourth-order valence-electron chi connectivity index (χ4n) is 1.91. The van der Waals surface area contributed by atoms with Gasteiger partial charge in [-0.1, -0.05) is 44.3 Å². The molecule has 0 radical (unpaired) electrons. The number of hydrogen-bond donors (Lipinski definition) is 0. The molecule has 0 aromatic carbocycles. The van der Waals surface area contributed by atoms with Crippen LogP contribution in [0.15, 0.2) is 12.2 Å². The molecule has 0 unspecified atom stereocenters. The van der Waals surface area contributed by atoms with Gasteiger partial charge in [-0.25, -0.2) is 0 Å². The Bertz CT molecular complexity index is 151. The first-order chi connectivity index (χ1) is 6.29. The molecule has 1 saturated carbocycles. The predicted octanol–water partition coefficient (Wildman–Crippen LogP) is 4.21. The Morgan fingerprint density at radius 3 is 2.38 bits per heavy atom. The van der Waals surface area contributed by atoms with Crippen LogP contribution in [0.5, 0.6) is 0 Å². The third kappa shape index (κ3) is 5.77. The summed E-state index contributed by atoms with van der Waals surface area (Å²) in [7, 11) is -1.39. The first kappa shape index (κ1) is 11.6. The van der Waals surface area contributed by atoms with Gasteiger partial charge in [0.05, 0.1) is 0 Å². The highest BCUT2D eigenvalue weighted by Crippen LogP contribution is 2.26. The fraction of sp³-hybridized carbons (Fsp3) is 0.800. The minimum atomic E-state index is -1.39. The molecule has 13 heavy (non-hydrogen) atoms. The van der Waals surface area contributed by atoms with E-state index in [1.54, 1.807) is 0 Å². The lowest BCUT2D eigenvalue weighted by atomic mass is 9.87. The van der Waals surface area contributed by atoms with Crippen molar-refractivity contribution in [3.63, 3.8) is 0 Å². The average molecular weight is 237 g/mol. The normalized spacial score (nSPS) is 20.2. The molecule has 0 spiro atoms. The number of allylic oxidation sites excluding steroid dienone is 2. The van der Waals surface area contributed by atoms with Crippen molar-refractivity contribution >= 4 is 29.6 Å². The van der Waals surface area contributed by atoms with E-state index in [0.717, 1.165) is 12.0 Å². The summed E-state index contributed by atoms with van der Waals surface area (Å²) in [5.41, 5.74) is 0. The molecule has 1 aliphatic rings. The number of halogens is 2. The Labute approximate surface area is 92.3 Å². The van der Waals surface area contributed by atoms with Gasteiger partial charge < -0.3 is 0 Å². The molecular weight excluding hydrogens is 219 g/mol. The third-order valence-corrected chi connectivity index (χ3v) is 4.37. The fourth-order valence-corrected chi connectivity index (χ4v) is 2.93. The van der Waals surface area contributed by atoms with Gasteiger partial charge in [-0.2, -0.15) is 22.2 Å². The van der Waals surface area contributed by atoms with Gasteiger partial charge in [-0.15, -0.1) is 0 Å². The van der Waals surface area contributed by atoms with E-state index in [-0.39, 0.29) is 0 Å². The van der Waals surface area contributed by atoms with Crippen LogP contribution in [0.4, 0.5) is 0 Å². The molecular formula is C10H18Cl2Si. The van der Waals surface area contributed by atoms with Crippen molar-refractivity contribution in [2.75, 3.05) is 0 Å². The van der Waals surface area contributed by atoms with Crippen molar-refractivity contribution in [3.05, 3.63) is 12.2 Å². The molecule has 3 heteroatoms. The molecule has 0 bridgehead atoms.